The Morgan fingerprint density at radius 1 is 1.18 bits per heavy atom. The quantitative estimate of drug-likeness (QED) is 0.277. The van der Waals surface area contributed by atoms with Crippen LogP contribution in [0.15, 0.2) is 30.9 Å². The van der Waals surface area contributed by atoms with Crippen molar-refractivity contribution in [3.63, 3.8) is 0 Å². The summed E-state index contributed by atoms with van der Waals surface area (Å²) >= 11 is 7.02. The second-order valence-corrected chi connectivity index (χ2v) is 12.5. The number of carbonyl (C=O) groups is 1. The molecule has 0 bridgehead atoms. The molecule has 44 heavy (non-hydrogen) atoms. The smallest absolute Gasteiger partial charge is 0.246 e. The summed E-state index contributed by atoms with van der Waals surface area (Å²) in [7, 11) is 4.10. The van der Waals surface area contributed by atoms with E-state index in [1.165, 1.54) is 6.08 Å². The Balaban J connectivity index is 1.56. The van der Waals surface area contributed by atoms with Gasteiger partial charge in [0.25, 0.3) is 0 Å². The van der Waals surface area contributed by atoms with E-state index in [0.717, 1.165) is 29.6 Å². The molecule has 0 aliphatic carbocycles. The van der Waals surface area contributed by atoms with Crippen molar-refractivity contribution in [2.75, 3.05) is 61.9 Å². The molecule has 2 saturated heterocycles. The number of H-pyrrole nitrogens is 1. The standard InChI is InChI=1S/C32H39ClFN9O/c1-8-24(44)42-13-19(5)43(14-18(42)4)31-21-12-22(33)26(25-17(3)10-11-23-27(25)30(35-9-2)39-38-23)28(34)29(21)36-32(37-31)41-15-20(16-41)40(6)7/h8,10-12,18-20H,1,9,13-16H2,2-7H3,(H2,35,38,39)/t18-,19+/m1/s1. The zero-order valence-corrected chi connectivity index (χ0v) is 26.8. The van der Waals surface area contributed by atoms with E-state index < -0.39 is 5.82 Å². The third-order valence-electron chi connectivity index (χ3n) is 8.97. The molecule has 2 N–H and O–H groups in total. The van der Waals surface area contributed by atoms with E-state index in [1.807, 2.05) is 44.7 Å². The lowest BCUT2D eigenvalue weighted by Crippen LogP contribution is -2.59. The van der Waals surface area contributed by atoms with Gasteiger partial charge in [-0.15, -0.1) is 0 Å². The van der Waals surface area contributed by atoms with Crippen molar-refractivity contribution >= 4 is 56.9 Å². The van der Waals surface area contributed by atoms with Gasteiger partial charge in [-0.3, -0.25) is 9.89 Å². The molecule has 2 aromatic heterocycles. The van der Waals surface area contributed by atoms with E-state index in [2.05, 4.69) is 50.9 Å². The number of aromatic nitrogens is 4. The number of anilines is 3. The van der Waals surface area contributed by atoms with Gasteiger partial charge >= 0.3 is 0 Å². The number of nitrogens with zero attached hydrogens (tertiary/aromatic N) is 7. The van der Waals surface area contributed by atoms with Gasteiger partial charge < -0.3 is 24.9 Å². The minimum atomic E-state index is -0.498. The number of benzene rings is 2. The van der Waals surface area contributed by atoms with Crippen LogP contribution in [-0.2, 0) is 4.79 Å². The zero-order valence-electron chi connectivity index (χ0n) is 26.1. The van der Waals surface area contributed by atoms with Crippen molar-refractivity contribution in [2.24, 2.45) is 0 Å². The van der Waals surface area contributed by atoms with E-state index in [0.29, 0.717) is 54.2 Å². The molecule has 0 unspecified atom stereocenters. The Morgan fingerprint density at radius 3 is 2.61 bits per heavy atom. The van der Waals surface area contributed by atoms with Gasteiger partial charge in [0.05, 0.1) is 15.9 Å². The van der Waals surface area contributed by atoms with Gasteiger partial charge in [-0.25, -0.2) is 9.37 Å². The summed E-state index contributed by atoms with van der Waals surface area (Å²) in [5, 5.41) is 12.4. The number of rotatable bonds is 7. The van der Waals surface area contributed by atoms with Crippen LogP contribution in [0.1, 0.15) is 26.3 Å². The number of carbonyl (C=O) groups excluding carboxylic acids is 1. The predicted octanol–water partition coefficient (Wildman–Crippen LogP) is 5.07. The van der Waals surface area contributed by atoms with Gasteiger partial charge in [-0.1, -0.05) is 24.2 Å². The zero-order chi connectivity index (χ0) is 31.4. The molecule has 232 valence electrons. The molecular weight excluding hydrogens is 581 g/mol. The maximum absolute atomic E-state index is 17.1. The van der Waals surface area contributed by atoms with E-state index in [4.69, 9.17) is 21.6 Å². The molecule has 2 atom stereocenters. The summed E-state index contributed by atoms with van der Waals surface area (Å²) in [6.45, 7) is 14.8. The van der Waals surface area contributed by atoms with E-state index in [1.54, 1.807) is 6.07 Å². The van der Waals surface area contributed by atoms with Crippen molar-refractivity contribution < 1.29 is 9.18 Å². The maximum atomic E-state index is 17.1. The van der Waals surface area contributed by atoms with Crippen LogP contribution in [0, 0.1) is 12.7 Å². The Bertz CT molecular complexity index is 1770. The number of fused-ring (bicyclic) bond motifs is 2. The highest BCUT2D eigenvalue weighted by atomic mass is 35.5. The molecule has 0 spiro atoms. The van der Waals surface area contributed by atoms with Crippen LogP contribution in [0.3, 0.4) is 0 Å². The molecule has 4 heterocycles. The van der Waals surface area contributed by atoms with Crippen molar-refractivity contribution in [3.05, 3.63) is 47.3 Å². The average Bonchev–Trinajstić information content (AvgIpc) is 3.36. The summed E-state index contributed by atoms with van der Waals surface area (Å²) in [5.74, 6) is 1.14. The number of amides is 1. The van der Waals surface area contributed by atoms with Gasteiger partial charge in [0.2, 0.25) is 11.9 Å². The van der Waals surface area contributed by atoms with Crippen molar-refractivity contribution in [3.8, 4) is 11.1 Å². The molecule has 1 amide bonds. The second-order valence-electron chi connectivity index (χ2n) is 12.1. The molecule has 4 aromatic rings. The molecular formula is C32H39ClFN9O. The minimum absolute atomic E-state index is 0.0851. The number of piperazine rings is 1. The van der Waals surface area contributed by atoms with Crippen LogP contribution >= 0.6 is 11.6 Å². The third kappa shape index (κ3) is 4.92. The normalized spacial score (nSPS) is 19.2. The maximum Gasteiger partial charge on any atom is 0.246 e. The fourth-order valence-corrected chi connectivity index (χ4v) is 6.67. The van der Waals surface area contributed by atoms with Gasteiger partial charge in [0.15, 0.2) is 11.6 Å². The molecule has 12 heteroatoms. The fraction of sp³-hybridized carbons (Fsp3) is 0.438. The SMILES string of the molecule is C=CC(=O)N1C[C@H](C)N(c2nc(N3CC(N(C)C)C3)nc3c(F)c(-c4c(C)ccc5[nH]nc(NCC)c45)c(Cl)cc23)C[C@H]1C. The highest BCUT2D eigenvalue weighted by molar-refractivity contribution is 6.35. The Hall–Kier alpha value is -3.96. The lowest BCUT2D eigenvalue weighted by atomic mass is 9.94. The van der Waals surface area contributed by atoms with Gasteiger partial charge in [-0.05, 0) is 65.6 Å². The topological polar surface area (TPSA) is 96.5 Å². The first kappa shape index (κ1) is 30.1. The highest BCUT2D eigenvalue weighted by Crippen LogP contribution is 2.44. The summed E-state index contributed by atoms with van der Waals surface area (Å²) in [4.78, 5) is 30.7. The number of hydrogen-bond acceptors (Lipinski definition) is 8. The van der Waals surface area contributed by atoms with Crippen molar-refractivity contribution in [1.82, 2.24) is 30.0 Å². The lowest BCUT2D eigenvalue weighted by molar-refractivity contribution is -0.128. The molecule has 2 fully saturated rings. The summed E-state index contributed by atoms with van der Waals surface area (Å²) in [5.41, 5.74) is 2.83. The van der Waals surface area contributed by atoms with Gasteiger partial charge in [0.1, 0.15) is 11.3 Å². The first-order valence-corrected chi connectivity index (χ1v) is 15.4. The highest BCUT2D eigenvalue weighted by Gasteiger charge is 2.36. The summed E-state index contributed by atoms with van der Waals surface area (Å²) in [6.07, 6.45) is 1.35. The first-order valence-electron chi connectivity index (χ1n) is 15.1. The van der Waals surface area contributed by atoms with E-state index in [9.17, 15) is 4.79 Å². The summed E-state index contributed by atoms with van der Waals surface area (Å²) < 4.78 is 17.1. The number of hydrogen-bond donors (Lipinski definition) is 2. The molecule has 0 radical (unpaired) electrons. The number of aryl methyl sites for hydroxylation is 1. The fourth-order valence-electron chi connectivity index (χ4n) is 6.38. The van der Waals surface area contributed by atoms with Crippen LogP contribution in [0.25, 0.3) is 32.9 Å². The lowest BCUT2D eigenvalue weighted by Gasteiger charge is -2.45. The van der Waals surface area contributed by atoms with Gasteiger partial charge in [0, 0.05) is 67.4 Å². The Kier molecular flexibility index (Phi) is 7.87. The van der Waals surface area contributed by atoms with Crippen LogP contribution in [-0.4, -0.2) is 101 Å². The monoisotopic (exact) mass is 619 g/mol. The molecule has 2 aliphatic rings. The third-order valence-corrected chi connectivity index (χ3v) is 9.27. The number of nitrogens with one attached hydrogen (secondary N) is 2. The van der Waals surface area contributed by atoms with Crippen LogP contribution in [0.2, 0.25) is 5.02 Å². The van der Waals surface area contributed by atoms with E-state index >= 15 is 4.39 Å². The number of aromatic amines is 1. The first-order chi connectivity index (χ1) is 21.0. The summed E-state index contributed by atoms with van der Waals surface area (Å²) in [6, 6.07) is 5.85. The molecule has 0 saturated carbocycles. The second kappa shape index (κ2) is 11.5. The Labute approximate surface area is 261 Å². The van der Waals surface area contributed by atoms with Gasteiger partial charge in [-0.2, -0.15) is 10.1 Å². The average molecular weight is 620 g/mol. The van der Waals surface area contributed by atoms with E-state index in [-0.39, 0.29) is 34.1 Å². The molecule has 2 aliphatic heterocycles. The van der Waals surface area contributed by atoms with Crippen LogP contribution < -0.4 is 15.1 Å². The molecule has 6 rings (SSSR count). The van der Waals surface area contributed by atoms with Crippen molar-refractivity contribution in [1.29, 1.82) is 0 Å². The molecule has 2 aromatic carbocycles. The van der Waals surface area contributed by atoms with Crippen LogP contribution in [0.4, 0.5) is 22.0 Å². The predicted molar refractivity (Wildman–Crippen MR) is 176 cm³/mol. The van der Waals surface area contributed by atoms with Crippen LogP contribution in [0.5, 0.6) is 0 Å². The number of halogens is 2. The number of likely N-dealkylation sites (N-methyl/N-ethyl adjacent to an activating group) is 1. The minimum Gasteiger partial charge on any atom is -0.368 e. The Morgan fingerprint density at radius 2 is 1.93 bits per heavy atom. The largest absolute Gasteiger partial charge is 0.368 e. The molecule has 10 nitrogen and oxygen atoms in total. The van der Waals surface area contributed by atoms with Crippen molar-refractivity contribution in [2.45, 2.75) is 45.8 Å².